The van der Waals surface area contributed by atoms with E-state index in [9.17, 15) is 0 Å². The Morgan fingerprint density at radius 1 is 1.28 bits per heavy atom. The molecule has 1 aromatic heterocycles. The van der Waals surface area contributed by atoms with Gasteiger partial charge in [-0.15, -0.1) is 22.9 Å². The van der Waals surface area contributed by atoms with Crippen molar-refractivity contribution in [3.05, 3.63) is 48.5 Å². The Bertz CT molecular complexity index is 570. The van der Waals surface area contributed by atoms with Crippen LogP contribution in [0.3, 0.4) is 0 Å². The van der Waals surface area contributed by atoms with Crippen LogP contribution in [0.25, 0.3) is 0 Å². The van der Waals surface area contributed by atoms with Crippen molar-refractivity contribution in [1.82, 2.24) is 0 Å². The second-order valence-corrected chi connectivity index (χ2v) is 7.11. The molecule has 0 saturated heterocycles. The van der Waals surface area contributed by atoms with E-state index in [1.807, 2.05) is 18.2 Å². The molecule has 2 aromatic rings. The van der Waals surface area contributed by atoms with Gasteiger partial charge in [0.15, 0.2) is 0 Å². The Labute approximate surface area is 133 Å². The molecule has 96 valence electrons. The number of benzene rings is 1. The van der Waals surface area contributed by atoms with Gasteiger partial charge in [-0.05, 0) is 39.7 Å². The number of hydrogen-bond acceptors (Lipinski definition) is 2. The molecule has 6 heteroatoms. The molecule has 0 N–H and O–H groups in total. The summed E-state index contributed by atoms with van der Waals surface area (Å²) in [5.41, 5.74) is 1.76. The Morgan fingerprint density at radius 2 is 2.00 bits per heavy atom. The molecule has 0 aliphatic heterocycles. The van der Waals surface area contributed by atoms with E-state index in [2.05, 4.69) is 15.9 Å². The maximum absolute atomic E-state index is 6.42. The number of halogens is 4. The van der Waals surface area contributed by atoms with E-state index in [1.165, 1.54) is 11.3 Å². The van der Waals surface area contributed by atoms with Gasteiger partial charge in [-0.2, -0.15) is 0 Å². The minimum Gasteiger partial charge on any atom is -0.496 e. The molecule has 0 fully saturated rings. The van der Waals surface area contributed by atoms with E-state index >= 15 is 0 Å². The molecule has 0 amide bonds. The number of thiophene rings is 1. The van der Waals surface area contributed by atoms with Crippen LogP contribution in [0.1, 0.15) is 16.5 Å². The van der Waals surface area contributed by atoms with Crippen molar-refractivity contribution in [2.24, 2.45) is 0 Å². The van der Waals surface area contributed by atoms with Crippen LogP contribution in [-0.2, 0) is 0 Å². The minimum atomic E-state index is -0.330. The van der Waals surface area contributed by atoms with Crippen molar-refractivity contribution in [3.8, 4) is 5.75 Å². The fourth-order valence-electron chi connectivity index (χ4n) is 1.55. The molecule has 2 rings (SSSR count). The second kappa shape index (κ2) is 6.02. The number of alkyl halides is 1. The molecule has 0 radical (unpaired) electrons. The van der Waals surface area contributed by atoms with E-state index in [0.29, 0.717) is 8.67 Å². The Morgan fingerprint density at radius 3 is 2.50 bits per heavy atom. The van der Waals surface area contributed by atoms with Gasteiger partial charge in [0.05, 0.1) is 25.6 Å². The summed E-state index contributed by atoms with van der Waals surface area (Å²) in [5, 5.41) is -0.330. The van der Waals surface area contributed by atoms with Gasteiger partial charge in [0, 0.05) is 5.56 Å². The summed E-state index contributed by atoms with van der Waals surface area (Å²) >= 11 is 23.2. The molecule has 1 atom stereocenters. The van der Waals surface area contributed by atoms with Crippen LogP contribution in [0.15, 0.2) is 28.7 Å². The molecule has 0 saturated carbocycles. The lowest BCUT2D eigenvalue weighted by atomic mass is 10.1. The van der Waals surface area contributed by atoms with Gasteiger partial charge < -0.3 is 4.74 Å². The first-order valence-electron chi connectivity index (χ1n) is 4.95. The first-order chi connectivity index (χ1) is 8.52. The predicted molar refractivity (Wildman–Crippen MR) is 82.7 cm³/mol. The summed E-state index contributed by atoms with van der Waals surface area (Å²) in [5.74, 6) is 0.761. The van der Waals surface area contributed by atoms with Gasteiger partial charge >= 0.3 is 0 Å². The van der Waals surface area contributed by atoms with Crippen molar-refractivity contribution in [2.75, 3.05) is 7.11 Å². The summed E-state index contributed by atoms with van der Waals surface area (Å²) in [4.78, 5) is 0. The molecular formula is C12H8BrCl3OS. The zero-order chi connectivity index (χ0) is 13.3. The summed E-state index contributed by atoms with van der Waals surface area (Å²) in [6.45, 7) is 0. The Balaban J connectivity index is 2.37. The van der Waals surface area contributed by atoms with E-state index in [0.717, 1.165) is 21.3 Å². The standard InChI is InChI=1S/C12H8BrCl3OS/c1-17-9-3-2-6(4-8(9)13)11(15)7-5-10(14)18-12(7)16/h2-5,11H,1H3. The van der Waals surface area contributed by atoms with Gasteiger partial charge in [0.25, 0.3) is 0 Å². The summed E-state index contributed by atoms with van der Waals surface area (Å²) in [6, 6.07) is 7.47. The largest absolute Gasteiger partial charge is 0.496 e. The highest BCUT2D eigenvalue weighted by Gasteiger charge is 2.18. The van der Waals surface area contributed by atoms with Gasteiger partial charge in [-0.25, -0.2) is 0 Å². The topological polar surface area (TPSA) is 9.23 Å². The number of ether oxygens (including phenoxy) is 1. The van der Waals surface area contributed by atoms with Gasteiger partial charge in [0.2, 0.25) is 0 Å². The second-order valence-electron chi connectivity index (χ2n) is 3.54. The van der Waals surface area contributed by atoms with Crippen LogP contribution < -0.4 is 4.74 Å². The van der Waals surface area contributed by atoms with E-state index in [4.69, 9.17) is 39.5 Å². The quantitative estimate of drug-likeness (QED) is 0.575. The van der Waals surface area contributed by atoms with Crippen LogP contribution >= 0.6 is 62.1 Å². The average molecular weight is 387 g/mol. The summed E-state index contributed by atoms with van der Waals surface area (Å²) < 4.78 is 7.28. The molecule has 1 heterocycles. The molecule has 1 unspecified atom stereocenters. The lowest BCUT2D eigenvalue weighted by molar-refractivity contribution is 0.412. The predicted octanol–water partition coefficient (Wildman–Crippen LogP) is 6.15. The third-order valence-corrected chi connectivity index (χ3v) is 5.05. The van der Waals surface area contributed by atoms with Crippen molar-refractivity contribution in [3.63, 3.8) is 0 Å². The van der Waals surface area contributed by atoms with E-state index < -0.39 is 0 Å². The molecule has 18 heavy (non-hydrogen) atoms. The lowest BCUT2D eigenvalue weighted by Crippen LogP contribution is -1.93. The van der Waals surface area contributed by atoms with E-state index in [-0.39, 0.29) is 5.38 Å². The molecule has 1 nitrogen and oxygen atoms in total. The maximum atomic E-state index is 6.42. The normalized spacial score (nSPS) is 12.5. The minimum absolute atomic E-state index is 0.330. The number of hydrogen-bond donors (Lipinski definition) is 0. The highest BCUT2D eigenvalue weighted by atomic mass is 79.9. The average Bonchev–Trinajstić information content (AvgIpc) is 2.67. The van der Waals surface area contributed by atoms with Gasteiger partial charge in [-0.3, -0.25) is 0 Å². The third kappa shape index (κ3) is 2.97. The zero-order valence-corrected chi connectivity index (χ0v) is 13.9. The third-order valence-electron chi connectivity index (χ3n) is 2.42. The monoisotopic (exact) mass is 384 g/mol. The van der Waals surface area contributed by atoms with Gasteiger partial charge in [0.1, 0.15) is 5.75 Å². The van der Waals surface area contributed by atoms with Crippen LogP contribution in [0.5, 0.6) is 5.75 Å². The maximum Gasteiger partial charge on any atom is 0.133 e. The molecule has 0 bridgehead atoms. The van der Waals surface area contributed by atoms with Crippen LogP contribution in [0.4, 0.5) is 0 Å². The summed E-state index contributed by atoms with van der Waals surface area (Å²) in [7, 11) is 1.62. The molecule has 0 aliphatic rings. The Kier molecular flexibility index (Phi) is 4.84. The smallest absolute Gasteiger partial charge is 0.133 e. The van der Waals surface area contributed by atoms with Crippen LogP contribution in [0.2, 0.25) is 8.67 Å². The SMILES string of the molecule is COc1ccc(C(Cl)c2cc(Cl)sc2Cl)cc1Br. The van der Waals surface area contributed by atoms with Crippen LogP contribution in [0, 0.1) is 0 Å². The van der Waals surface area contributed by atoms with E-state index in [1.54, 1.807) is 13.2 Å². The van der Waals surface area contributed by atoms with Gasteiger partial charge in [-0.1, -0.05) is 29.3 Å². The Hall–Kier alpha value is 0.0700. The molecule has 0 spiro atoms. The highest BCUT2D eigenvalue weighted by Crippen LogP contribution is 2.41. The number of rotatable bonds is 3. The van der Waals surface area contributed by atoms with Crippen molar-refractivity contribution >= 4 is 62.1 Å². The fraction of sp³-hybridized carbons (Fsp3) is 0.167. The first-order valence-corrected chi connectivity index (χ1v) is 7.75. The highest BCUT2D eigenvalue weighted by molar-refractivity contribution is 9.10. The van der Waals surface area contributed by atoms with Crippen molar-refractivity contribution in [2.45, 2.75) is 5.38 Å². The molecule has 0 aliphatic carbocycles. The van der Waals surface area contributed by atoms with Crippen molar-refractivity contribution < 1.29 is 4.74 Å². The molecule has 1 aromatic carbocycles. The molecular weight excluding hydrogens is 378 g/mol. The van der Waals surface area contributed by atoms with Crippen molar-refractivity contribution in [1.29, 1.82) is 0 Å². The zero-order valence-electron chi connectivity index (χ0n) is 9.22. The lowest BCUT2D eigenvalue weighted by Gasteiger charge is -2.11. The first kappa shape index (κ1) is 14.5. The van der Waals surface area contributed by atoms with Crippen LogP contribution in [-0.4, -0.2) is 7.11 Å². The number of methoxy groups -OCH3 is 1. The summed E-state index contributed by atoms with van der Waals surface area (Å²) in [6.07, 6.45) is 0. The fourth-order valence-corrected chi connectivity index (χ4v) is 4.06.